The van der Waals surface area contributed by atoms with Crippen molar-refractivity contribution in [1.82, 2.24) is 14.5 Å². The van der Waals surface area contributed by atoms with Crippen LogP contribution in [-0.2, 0) is 9.84 Å². The molecule has 5 nitrogen and oxygen atoms in total. The summed E-state index contributed by atoms with van der Waals surface area (Å²) in [5.74, 6) is 0. The molecule has 0 amide bonds. The zero-order chi connectivity index (χ0) is 20.6. The fourth-order valence-electron chi connectivity index (χ4n) is 3.37. The van der Waals surface area contributed by atoms with E-state index in [1.807, 2.05) is 29.2 Å². The van der Waals surface area contributed by atoms with Crippen molar-refractivity contribution < 1.29 is 8.42 Å². The molecule has 2 aromatic carbocycles. The van der Waals surface area contributed by atoms with E-state index in [-0.39, 0.29) is 10.9 Å². The number of nitrogens with one attached hydrogen (secondary N) is 1. The van der Waals surface area contributed by atoms with E-state index < -0.39 is 9.84 Å². The molecule has 0 radical (unpaired) electrons. The molecular weight excluding hydrogens is 429 g/mol. The summed E-state index contributed by atoms with van der Waals surface area (Å²) < 4.78 is 25.5. The minimum atomic E-state index is -3.25. The van der Waals surface area contributed by atoms with Crippen LogP contribution < -0.4 is 0 Å². The molecule has 148 valence electrons. The van der Waals surface area contributed by atoms with Gasteiger partial charge in [-0.3, -0.25) is 0 Å². The summed E-state index contributed by atoms with van der Waals surface area (Å²) in [7, 11) is -3.25. The van der Waals surface area contributed by atoms with Crippen molar-refractivity contribution in [3.8, 4) is 11.1 Å². The number of rotatable bonds is 5. The molecule has 1 N–H and O–H groups in total. The maximum atomic E-state index is 11.8. The van der Waals surface area contributed by atoms with E-state index in [0.717, 1.165) is 22.3 Å². The van der Waals surface area contributed by atoms with Crippen LogP contribution in [-0.4, -0.2) is 29.2 Å². The summed E-state index contributed by atoms with van der Waals surface area (Å²) >= 11 is 12.6. The molecule has 0 bridgehead atoms. The van der Waals surface area contributed by atoms with Crippen molar-refractivity contribution >= 4 is 33.0 Å². The number of halogens is 2. The minimum Gasteiger partial charge on any atom is -0.367 e. The molecule has 0 spiro atoms. The first-order valence-corrected chi connectivity index (χ1v) is 11.4. The molecule has 1 atom stereocenters. The van der Waals surface area contributed by atoms with Crippen LogP contribution in [0.3, 0.4) is 0 Å². The van der Waals surface area contributed by atoms with Gasteiger partial charge in [0.25, 0.3) is 0 Å². The van der Waals surface area contributed by atoms with E-state index in [9.17, 15) is 8.42 Å². The van der Waals surface area contributed by atoms with Gasteiger partial charge < -0.3 is 9.55 Å². The largest absolute Gasteiger partial charge is 0.367 e. The second-order valence-corrected chi connectivity index (χ2v) is 9.56. The van der Waals surface area contributed by atoms with Gasteiger partial charge >= 0.3 is 0 Å². The molecule has 0 aliphatic heterocycles. The molecule has 1 unspecified atom stereocenters. The van der Waals surface area contributed by atoms with Gasteiger partial charge in [-0.25, -0.2) is 13.4 Å². The lowest BCUT2D eigenvalue weighted by Crippen LogP contribution is -2.11. The highest BCUT2D eigenvalue weighted by Crippen LogP contribution is 2.38. The molecule has 8 heteroatoms. The second kappa shape index (κ2) is 7.71. The van der Waals surface area contributed by atoms with Gasteiger partial charge in [0, 0.05) is 52.2 Å². The van der Waals surface area contributed by atoms with Gasteiger partial charge in [-0.1, -0.05) is 41.4 Å². The summed E-state index contributed by atoms with van der Waals surface area (Å²) in [6, 6.07) is 12.0. The molecule has 4 aromatic rings. The number of aromatic nitrogens is 3. The number of sulfone groups is 1. The Morgan fingerprint density at radius 2 is 1.79 bits per heavy atom. The average Bonchev–Trinajstić information content (AvgIpc) is 3.36. The van der Waals surface area contributed by atoms with Crippen LogP contribution in [0.2, 0.25) is 10.0 Å². The standard InChI is InChI=1S/C21H17Cl2N3O2S/c1-29(27,28)16-5-2-14(3-6-16)18-11-25-12-19(18)21(26-9-8-24-13-26)17-7-4-15(22)10-20(17)23/h2-13,21,25H,1H3. The highest BCUT2D eigenvalue weighted by Gasteiger charge is 2.23. The Morgan fingerprint density at radius 3 is 2.41 bits per heavy atom. The molecule has 0 aliphatic rings. The summed E-state index contributed by atoms with van der Waals surface area (Å²) in [5, 5.41) is 1.12. The first kappa shape index (κ1) is 19.8. The van der Waals surface area contributed by atoms with E-state index in [1.54, 1.807) is 48.9 Å². The Hall–Kier alpha value is -2.54. The van der Waals surface area contributed by atoms with Gasteiger partial charge in [-0.2, -0.15) is 0 Å². The molecule has 2 aromatic heterocycles. The number of nitrogens with zero attached hydrogens (tertiary/aromatic N) is 2. The second-order valence-electron chi connectivity index (χ2n) is 6.70. The van der Waals surface area contributed by atoms with Crippen LogP contribution in [0.4, 0.5) is 0 Å². The highest BCUT2D eigenvalue weighted by atomic mass is 35.5. The van der Waals surface area contributed by atoms with E-state index >= 15 is 0 Å². The molecule has 29 heavy (non-hydrogen) atoms. The zero-order valence-electron chi connectivity index (χ0n) is 15.4. The van der Waals surface area contributed by atoms with Crippen LogP contribution in [0.25, 0.3) is 11.1 Å². The first-order chi connectivity index (χ1) is 13.8. The van der Waals surface area contributed by atoms with Gasteiger partial charge in [0.05, 0.1) is 17.3 Å². The average molecular weight is 446 g/mol. The minimum absolute atomic E-state index is 0.238. The number of aromatic amines is 1. The zero-order valence-corrected chi connectivity index (χ0v) is 17.7. The quantitative estimate of drug-likeness (QED) is 0.457. The Balaban J connectivity index is 1.85. The number of hydrogen-bond acceptors (Lipinski definition) is 3. The smallest absolute Gasteiger partial charge is 0.175 e. The number of benzene rings is 2. The third-order valence-electron chi connectivity index (χ3n) is 4.75. The fourth-order valence-corrected chi connectivity index (χ4v) is 4.51. The van der Waals surface area contributed by atoms with Crippen molar-refractivity contribution in [2.45, 2.75) is 10.9 Å². The van der Waals surface area contributed by atoms with Crippen molar-refractivity contribution in [2.75, 3.05) is 6.26 Å². The van der Waals surface area contributed by atoms with Gasteiger partial charge in [0.2, 0.25) is 0 Å². The van der Waals surface area contributed by atoms with Crippen molar-refractivity contribution in [1.29, 1.82) is 0 Å². The topological polar surface area (TPSA) is 67.8 Å². The van der Waals surface area contributed by atoms with Crippen LogP contribution in [0.5, 0.6) is 0 Å². The molecule has 0 aliphatic carbocycles. The summed E-state index contributed by atoms with van der Waals surface area (Å²) in [6.07, 6.45) is 10.3. The lowest BCUT2D eigenvalue weighted by molar-refractivity contribution is 0.602. The van der Waals surface area contributed by atoms with E-state index in [0.29, 0.717) is 10.0 Å². The Bertz CT molecular complexity index is 1250. The molecule has 2 heterocycles. The first-order valence-electron chi connectivity index (χ1n) is 8.74. The molecule has 0 fully saturated rings. The third-order valence-corrected chi connectivity index (χ3v) is 6.44. The Labute approximate surface area is 178 Å². The number of hydrogen-bond donors (Lipinski definition) is 1. The SMILES string of the molecule is CS(=O)(=O)c1ccc(-c2c[nH]cc2C(c2ccc(Cl)cc2Cl)n2ccnc2)cc1. The predicted molar refractivity (Wildman–Crippen MR) is 115 cm³/mol. The van der Waals surface area contributed by atoms with E-state index in [1.165, 1.54) is 6.26 Å². The van der Waals surface area contributed by atoms with Crippen molar-refractivity contribution in [3.05, 3.63) is 94.8 Å². The maximum Gasteiger partial charge on any atom is 0.175 e. The van der Waals surface area contributed by atoms with Gasteiger partial charge in [0.15, 0.2) is 9.84 Å². The van der Waals surface area contributed by atoms with Gasteiger partial charge in [-0.05, 0) is 35.4 Å². The predicted octanol–water partition coefficient (Wildman–Crippen LogP) is 5.23. The van der Waals surface area contributed by atoms with Crippen LogP contribution in [0.15, 0.2) is 78.5 Å². The van der Waals surface area contributed by atoms with E-state index in [4.69, 9.17) is 23.2 Å². The monoisotopic (exact) mass is 445 g/mol. The highest BCUT2D eigenvalue weighted by molar-refractivity contribution is 7.90. The molecule has 0 saturated carbocycles. The maximum absolute atomic E-state index is 11.8. The van der Waals surface area contributed by atoms with Crippen molar-refractivity contribution in [3.63, 3.8) is 0 Å². The number of imidazole rings is 1. The third kappa shape index (κ3) is 3.96. The summed E-state index contributed by atoms with van der Waals surface area (Å²) in [6.45, 7) is 0. The molecule has 0 saturated heterocycles. The van der Waals surface area contributed by atoms with Gasteiger partial charge in [0.1, 0.15) is 0 Å². The normalized spacial score (nSPS) is 12.8. The van der Waals surface area contributed by atoms with Crippen LogP contribution in [0.1, 0.15) is 17.2 Å². The lowest BCUT2D eigenvalue weighted by atomic mass is 9.94. The molecular formula is C21H17Cl2N3O2S. The Kier molecular flexibility index (Phi) is 5.25. The Morgan fingerprint density at radius 1 is 1.03 bits per heavy atom. The summed E-state index contributed by atoms with van der Waals surface area (Å²) in [5.41, 5.74) is 3.68. The number of H-pyrrole nitrogens is 1. The fraction of sp³-hybridized carbons (Fsp3) is 0.0952. The van der Waals surface area contributed by atoms with Gasteiger partial charge in [-0.15, -0.1) is 0 Å². The lowest BCUT2D eigenvalue weighted by Gasteiger charge is -2.21. The van der Waals surface area contributed by atoms with Crippen LogP contribution in [0, 0.1) is 0 Å². The summed E-state index contributed by atoms with van der Waals surface area (Å²) in [4.78, 5) is 7.63. The molecule has 4 rings (SSSR count). The van der Waals surface area contributed by atoms with Crippen molar-refractivity contribution in [2.24, 2.45) is 0 Å². The van der Waals surface area contributed by atoms with Crippen LogP contribution >= 0.6 is 23.2 Å². The van der Waals surface area contributed by atoms with E-state index in [2.05, 4.69) is 9.97 Å².